The topological polar surface area (TPSA) is 12.4 Å². The lowest BCUT2D eigenvalue weighted by molar-refractivity contribution is 0.708. The fourth-order valence-corrected chi connectivity index (χ4v) is 12.7. The first-order valence-electron chi connectivity index (χ1n) is 10.2. The summed E-state index contributed by atoms with van der Waals surface area (Å²) in [6.45, 7) is 33.3. The summed E-state index contributed by atoms with van der Waals surface area (Å²) in [5, 5.41) is 2.72. The van der Waals surface area contributed by atoms with E-state index in [4.69, 9.17) is 4.99 Å². The number of allylic oxidation sites excluding steroid dienone is 1. The first-order chi connectivity index (χ1) is 11.4. The number of aliphatic imine (C=N–C) groups is 1. The van der Waals surface area contributed by atoms with Crippen molar-refractivity contribution in [3.8, 4) is 0 Å². The highest BCUT2D eigenvalue weighted by Gasteiger charge is 2.38. The molecule has 0 rings (SSSR count). The molecule has 0 aromatic carbocycles. The van der Waals surface area contributed by atoms with Crippen molar-refractivity contribution < 1.29 is 0 Å². The van der Waals surface area contributed by atoms with E-state index < -0.39 is 0 Å². The highest BCUT2D eigenvalue weighted by atomic mass is 31.1. The first kappa shape index (κ1) is 26.3. The molecule has 0 aliphatic heterocycles. The minimum atomic E-state index is -0.305. The second kappa shape index (κ2) is 9.18. The summed E-state index contributed by atoms with van der Waals surface area (Å²) in [5.74, 6) is 0. The van der Waals surface area contributed by atoms with E-state index in [0.29, 0.717) is 10.3 Å². The van der Waals surface area contributed by atoms with Gasteiger partial charge in [0.2, 0.25) is 0 Å². The molecule has 0 saturated carbocycles. The van der Waals surface area contributed by atoms with Crippen molar-refractivity contribution in [1.82, 2.24) is 0 Å². The first-order valence-corrected chi connectivity index (χ1v) is 12.9. The summed E-state index contributed by atoms with van der Waals surface area (Å²) in [5.41, 5.74) is 1.42. The van der Waals surface area contributed by atoms with Crippen LogP contribution < -0.4 is 0 Å². The molecule has 0 bridgehead atoms. The van der Waals surface area contributed by atoms with Crippen LogP contribution in [0.5, 0.6) is 0 Å². The molecule has 0 atom stereocenters. The van der Waals surface area contributed by atoms with Crippen molar-refractivity contribution in [2.75, 3.05) is 0 Å². The second-order valence-electron chi connectivity index (χ2n) is 11.2. The Morgan fingerprint density at radius 3 is 1.19 bits per heavy atom. The van der Waals surface area contributed by atoms with Crippen LogP contribution in [0.15, 0.2) is 16.5 Å². The Morgan fingerprint density at radius 1 is 0.615 bits per heavy atom. The Labute approximate surface area is 168 Å². The van der Waals surface area contributed by atoms with Crippen molar-refractivity contribution >= 4 is 21.3 Å². The maximum absolute atomic E-state index is 5.19. The normalized spacial score (nSPS) is 16.0. The minimum Gasteiger partial charge on any atom is -0.261 e. The molecule has 1 nitrogen and oxygen atoms in total. The van der Waals surface area contributed by atoms with Crippen molar-refractivity contribution in [1.29, 1.82) is 0 Å². The van der Waals surface area contributed by atoms with Crippen molar-refractivity contribution in [2.45, 2.75) is 130 Å². The zero-order chi connectivity index (χ0) is 21.1. The highest BCUT2D eigenvalue weighted by Crippen LogP contribution is 2.66. The molecule has 0 N–H and O–H groups in total. The summed E-state index contributed by atoms with van der Waals surface area (Å²) in [6, 6.07) is 0. The molecule has 26 heavy (non-hydrogen) atoms. The van der Waals surface area contributed by atoms with E-state index in [1.807, 2.05) is 0 Å². The van der Waals surface area contributed by atoms with E-state index in [9.17, 15) is 0 Å². The van der Waals surface area contributed by atoms with Crippen molar-refractivity contribution in [3.63, 3.8) is 0 Å². The van der Waals surface area contributed by atoms with Crippen LogP contribution in [0.2, 0.25) is 0 Å². The van der Waals surface area contributed by atoms with E-state index >= 15 is 0 Å². The van der Waals surface area contributed by atoms with Gasteiger partial charge in [-0.25, -0.2) is 0 Å². The van der Waals surface area contributed by atoms with Gasteiger partial charge in [0, 0.05) is 11.7 Å². The summed E-state index contributed by atoms with van der Waals surface area (Å²) in [7, 11) is -0.561. The standard InChI is InChI=1S/C23H47NP2/c1-15-18(25(20(3,4)5)21(6,7)8)17-24-19(16-2)26(22(9,10)11)23(12,13)14/h17H,15-16H2,1-14H3/b18-17-,24-19?. The largest absolute Gasteiger partial charge is 0.261 e. The number of nitrogens with zero attached hydrogens (tertiary/aromatic N) is 1. The second-order valence-corrected chi connectivity index (χ2v) is 19.0. The summed E-state index contributed by atoms with van der Waals surface area (Å²) in [4.78, 5) is 5.19. The fraction of sp³-hybridized carbons (Fsp3) is 0.870. The Bertz CT molecular complexity index is 426. The third-order valence-corrected chi connectivity index (χ3v) is 11.6. The molecule has 0 unspecified atom stereocenters. The fourth-order valence-electron chi connectivity index (χ4n) is 4.41. The number of hydrogen-bond donors (Lipinski definition) is 0. The molecule has 0 aromatic rings. The lowest BCUT2D eigenvalue weighted by Crippen LogP contribution is -2.29. The van der Waals surface area contributed by atoms with Crippen LogP contribution in [-0.2, 0) is 0 Å². The lowest BCUT2D eigenvalue weighted by Gasteiger charge is -2.43. The Morgan fingerprint density at radius 2 is 0.962 bits per heavy atom. The molecule has 0 heterocycles. The molecule has 0 aliphatic carbocycles. The van der Waals surface area contributed by atoms with Crippen LogP contribution in [0.1, 0.15) is 110 Å². The monoisotopic (exact) mass is 399 g/mol. The van der Waals surface area contributed by atoms with Crippen LogP contribution in [0.4, 0.5) is 0 Å². The lowest BCUT2D eigenvalue weighted by atomic mass is 10.2. The summed E-state index contributed by atoms with van der Waals surface area (Å²) in [6.07, 6.45) is 4.42. The molecule has 0 amide bonds. The van der Waals surface area contributed by atoms with Crippen molar-refractivity contribution in [2.24, 2.45) is 4.99 Å². The summed E-state index contributed by atoms with van der Waals surface area (Å²) >= 11 is 0. The Kier molecular flexibility index (Phi) is 9.27. The van der Waals surface area contributed by atoms with E-state index in [2.05, 4.69) is 103 Å². The highest BCUT2D eigenvalue weighted by molar-refractivity contribution is 7.77. The van der Waals surface area contributed by atoms with Gasteiger partial charge >= 0.3 is 0 Å². The van der Waals surface area contributed by atoms with Gasteiger partial charge in [0.05, 0.1) is 0 Å². The Hall–Kier alpha value is 0.270. The van der Waals surface area contributed by atoms with Crippen LogP contribution >= 0.6 is 15.8 Å². The van der Waals surface area contributed by atoms with Gasteiger partial charge in [0.15, 0.2) is 0 Å². The van der Waals surface area contributed by atoms with Crippen LogP contribution in [-0.4, -0.2) is 26.1 Å². The zero-order valence-electron chi connectivity index (χ0n) is 20.3. The molecule has 0 spiro atoms. The predicted molar refractivity (Wildman–Crippen MR) is 129 cm³/mol. The van der Waals surface area contributed by atoms with E-state index in [1.54, 1.807) is 5.31 Å². The minimum absolute atomic E-state index is 0.256. The van der Waals surface area contributed by atoms with E-state index in [0.717, 1.165) is 12.8 Å². The zero-order valence-corrected chi connectivity index (χ0v) is 22.1. The van der Waals surface area contributed by atoms with Gasteiger partial charge < -0.3 is 0 Å². The van der Waals surface area contributed by atoms with Crippen LogP contribution in [0, 0.1) is 0 Å². The van der Waals surface area contributed by atoms with Gasteiger partial charge in [0.1, 0.15) is 0 Å². The summed E-state index contributed by atoms with van der Waals surface area (Å²) < 4.78 is 0. The molecule has 3 heteroatoms. The van der Waals surface area contributed by atoms with Gasteiger partial charge in [-0.15, -0.1) is 0 Å². The smallest absolute Gasteiger partial charge is 0.0415 e. The Balaban J connectivity index is 6.25. The maximum atomic E-state index is 5.19. The third-order valence-electron chi connectivity index (χ3n) is 4.27. The molecular formula is C23H47NP2. The van der Waals surface area contributed by atoms with Crippen molar-refractivity contribution in [3.05, 3.63) is 11.5 Å². The van der Waals surface area contributed by atoms with Crippen LogP contribution in [0.25, 0.3) is 0 Å². The third kappa shape index (κ3) is 7.72. The van der Waals surface area contributed by atoms with Gasteiger partial charge in [-0.05, 0) is 46.7 Å². The molecular weight excluding hydrogens is 352 g/mol. The predicted octanol–water partition coefficient (Wildman–Crippen LogP) is 9.20. The van der Waals surface area contributed by atoms with Crippen LogP contribution in [0.3, 0.4) is 0 Å². The maximum Gasteiger partial charge on any atom is 0.0415 e. The number of hydrogen-bond acceptors (Lipinski definition) is 1. The van der Waals surface area contributed by atoms with Gasteiger partial charge in [-0.2, -0.15) is 0 Å². The average Bonchev–Trinajstić information content (AvgIpc) is 2.34. The van der Waals surface area contributed by atoms with Gasteiger partial charge in [-0.1, -0.05) is 105 Å². The molecule has 0 aromatic heterocycles. The quantitative estimate of drug-likeness (QED) is 0.323. The average molecular weight is 400 g/mol. The van der Waals surface area contributed by atoms with E-state index in [1.165, 1.54) is 5.45 Å². The van der Waals surface area contributed by atoms with Gasteiger partial charge in [0.25, 0.3) is 0 Å². The molecule has 0 fully saturated rings. The molecule has 0 aliphatic rings. The van der Waals surface area contributed by atoms with Gasteiger partial charge in [-0.3, -0.25) is 4.99 Å². The molecule has 0 radical (unpaired) electrons. The molecule has 154 valence electrons. The SMILES string of the molecule is CCC(=N/C=C(/CC)P(C(C)(C)C)C(C)(C)C)P(C(C)(C)C)C(C)(C)C. The molecule has 0 saturated heterocycles. The number of rotatable bonds is 5. The van der Waals surface area contributed by atoms with E-state index in [-0.39, 0.29) is 26.2 Å².